The summed E-state index contributed by atoms with van der Waals surface area (Å²) in [6, 6.07) is 5.87. The van der Waals surface area contributed by atoms with Crippen molar-refractivity contribution in [1.82, 2.24) is 14.5 Å². The number of benzene rings is 1. The van der Waals surface area contributed by atoms with E-state index in [4.69, 9.17) is 14.8 Å². The number of pyridine rings is 1. The summed E-state index contributed by atoms with van der Waals surface area (Å²) in [5.74, 6) is 0.726. The summed E-state index contributed by atoms with van der Waals surface area (Å²) in [5, 5.41) is 9.88. The second kappa shape index (κ2) is 7.48. The molecule has 0 unspecified atom stereocenters. The smallest absolute Gasteiger partial charge is 0.328 e. The van der Waals surface area contributed by atoms with E-state index in [-0.39, 0.29) is 0 Å². The van der Waals surface area contributed by atoms with E-state index in [9.17, 15) is 4.79 Å². The van der Waals surface area contributed by atoms with Crippen molar-refractivity contribution in [1.29, 1.82) is 0 Å². The molecular weight excluding hydrogens is 342 g/mol. The molecule has 0 atom stereocenters. The molecule has 6 nitrogen and oxygen atoms in total. The summed E-state index contributed by atoms with van der Waals surface area (Å²) >= 11 is 0. The van der Waals surface area contributed by atoms with Crippen molar-refractivity contribution in [3.63, 3.8) is 0 Å². The highest BCUT2D eigenvalue weighted by Gasteiger charge is 2.19. The number of carboxylic acid groups (broad SMARTS) is 1. The maximum Gasteiger partial charge on any atom is 0.328 e. The van der Waals surface area contributed by atoms with Crippen LogP contribution in [-0.4, -0.2) is 38.8 Å². The molecule has 1 aliphatic heterocycles. The van der Waals surface area contributed by atoms with Crippen LogP contribution in [-0.2, 0) is 22.5 Å². The van der Waals surface area contributed by atoms with Crippen molar-refractivity contribution in [2.75, 3.05) is 13.2 Å². The molecule has 1 saturated heterocycles. The van der Waals surface area contributed by atoms with Gasteiger partial charge in [0.05, 0.1) is 17.2 Å². The molecule has 3 aromatic rings. The van der Waals surface area contributed by atoms with Crippen LogP contribution in [0.4, 0.5) is 0 Å². The van der Waals surface area contributed by atoms with Gasteiger partial charge in [0.25, 0.3) is 0 Å². The predicted octanol–water partition coefficient (Wildman–Crippen LogP) is 3.67. The average molecular weight is 365 g/mol. The summed E-state index contributed by atoms with van der Waals surface area (Å²) in [5.41, 5.74) is 3.71. The second-order valence-electron chi connectivity index (χ2n) is 6.99. The number of carboxylic acids is 1. The summed E-state index contributed by atoms with van der Waals surface area (Å²) in [6.45, 7) is 4.75. The molecule has 1 aromatic carbocycles. The summed E-state index contributed by atoms with van der Waals surface area (Å²) < 4.78 is 7.85. The number of rotatable bonds is 5. The number of aryl methyl sites for hydroxylation is 1. The van der Waals surface area contributed by atoms with Crippen LogP contribution in [0.5, 0.6) is 0 Å². The average Bonchev–Trinajstić information content (AvgIpc) is 3.05. The minimum atomic E-state index is -0.958. The molecule has 1 N–H and O–H groups in total. The SMILES string of the molecule is CCc1nc2cnc3cc(/C=C/C(=O)O)ccc3c2n1CC1CCOCC1. The van der Waals surface area contributed by atoms with Crippen LogP contribution in [0.1, 0.15) is 31.2 Å². The fourth-order valence-corrected chi connectivity index (χ4v) is 3.80. The van der Waals surface area contributed by atoms with Crippen molar-refractivity contribution in [3.05, 3.63) is 41.9 Å². The fourth-order valence-electron chi connectivity index (χ4n) is 3.80. The third-order valence-corrected chi connectivity index (χ3v) is 5.19. The zero-order chi connectivity index (χ0) is 18.8. The van der Waals surface area contributed by atoms with Crippen molar-refractivity contribution in [2.24, 2.45) is 5.92 Å². The highest BCUT2D eigenvalue weighted by Crippen LogP contribution is 2.28. The fraction of sp³-hybridized carbons (Fsp3) is 0.381. The summed E-state index contributed by atoms with van der Waals surface area (Å²) in [4.78, 5) is 20.1. The number of ether oxygens (including phenoxy) is 1. The Labute approximate surface area is 157 Å². The first-order valence-corrected chi connectivity index (χ1v) is 9.42. The van der Waals surface area contributed by atoms with E-state index in [1.807, 2.05) is 24.4 Å². The van der Waals surface area contributed by atoms with Gasteiger partial charge in [-0.2, -0.15) is 0 Å². The lowest BCUT2D eigenvalue weighted by Gasteiger charge is -2.23. The van der Waals surface area contributed by atoms with Crippen molar-refractivity contribution in [3.8, 4) is 0 Å². The van der Waals surface area contributed by atoms with Gasteiger partial charge in [0.1, 0.15) is 11.3 Å². The zero-order valence-corrected chi connectivity index (χ0v) is 15.4. The lowest BCUT2D eigenvalue weighted by molar-refractivity contribution is -0.131. The molecule has 2 aromatic heterocycles. The minimum absolute atomic E-state index is 0.599. The van der Waals surface area contributed by atoms with Gasteiger partial charge in [-0.15, -0.1) is 0 Å². The van der Waals surface area contributed by atoms with E-state index in [0.29, 0.717) is 5.92 Å². The van der Waals surface area contributed by atoms with Crippen molar-refractivity contribution in [2.45, 2.75) is 32.7 Å². The van der Waals surface area contributed by atoms with Crippen LogP contribution in [0.2, 0.25) is 0 Å². The van der Waals surface area contributed by atoms with E-state index in [1.165, 1.54) is 0 Å². The van der Waals surface area contributed by atoms with Gasteiger partial charge in [-0.05, 0) is 36.5 Å². The molecular formula is C21H23N3O3. The zero-order valence-electron chi connectivity index (χ0n) is 15.4. The molecule has 0 aliphatic carbocycles. The molecule has 0 spiro atoms. The Morgan fingerprint density at radius 3 is 2.89 bits per heavy atom. The van der Waals surface area contributed by atoms with Gasteiger partial charge < -0.3 is 14.4 Å². The Kier molecular flexibility index (Phi) is 4.90. The number of hydrogen-bond donors (Lipinski definition) is 1. The number of hydrogen-bond acceptors (Lipinski definition) is 4. The molecule has 1 aliphatic rings. The Balaban J connectivity index is 1.81. The van der Waals surface area contributed by atoms with Gasteiger partial charge in [-0.1, -0.05) is 19.1 Å². The molecule has 1 fully saturated rings. The standard InChI is InChI=1S/C21H23N3O3/c1-2-19-23-18-12-22-17-11-14(4-6-20(25)26)3-5-16(17)21(18)24(19)13-15-7-9-27-10-8-15/h3-6,11-12,15H,2,7-10,13H2,1H3,(H,25,26)/b6-4+. The minimum Gasteiger partial charge on any atom is -0.478 e. The number of nitrogens with zero attached hydrogens (tertiary/aromatic N) is 3. The third kappa shape index (κ3) is 3.57. The summed E-state index contributed by atoms with van der Waals surface area (Å²) in [6.07, 6.45) is 7.58. The lowest BCUT2D eigenvalue weighted by atomic mass is 10.00. The highest BCUT2D eigenvalue weighted by molar-refractivity contribution is 6.03. The molecule has 3 heterocycles. The number of fused-ring (bicyclic) bond motifs is 3. The predicted molar refractivity (Wildman–Crippen MR) is 105 cm³/mol. The van der Waals surface area contributed by atoms with E-state index >= 15 is 0 Å². The third-order valence-electron chi connectivity index (χ3n) is 5.19. The molecule has 140 valence electrons. The van der Waals surface area contributed by atoms with E-state index in [2.05, 4.69) is 16.5 Å². The molecule has 0 bridgehead atoms. The van der Waals surface area contributed by atoms with Gasteiger partial charge in [0.2, 0.25) is 0 Å². The van der Waals surface area contributed by atoms with Gasteiger partial charge in [0, 0.05) is 37.6 Å². The quantitative estimate of drug-likeness (QED) is 0.698. The Hall–Kier alpha value is -2.73. The second-order valence-corrected chi connectivity index (χ2v) is 6.99. The van der Waals surface area contributed by atoms with E-state index < -0.39 is 5.97 Å². The molecule has 27 heavy (non-hydrogen) atoms. The van der Waals surface area contributed by atoms with Crippen LogP contribution < -0.4 is 0 Å². The monoisotopic (exact) mass is 365 g/mol. The maximum absolute atomic E-state index is 10.8. The number of imidazole rings is 1. The van der Waals surface area contributed by atoms with Crippen LogP contribution >= 0.6 is 0 Å². The van der Waals surface area contributed by atoms with Crippen LogP contribution in [0.25, 0.3) is 28.0 Å². The molecule has 6 heteroatoms. The topological polar surface area (TPSA) is 77.2 Å². The Bertz CT molecular complexity index is 1020. The van der Waals surface area contributed by atoms with Gasteiger partial charge in [-0.3, -0.25) is 4.98 Å². The lowest BCUT2D eigenvalue weighted by Crippen LogP contribution is -2.21. The van der Waals surface area contributed by atoms with E-state index in [0.717, 1.165) is 78.4 Å². The Morgan fingerprint density at radius 2 is 2.15 bits per heavy atom. The first-order chi connectivity index (χ1) is 13.2. The molecule has 0 amide bonds. The molecule has 0 saturated carbocycles. The molecule has 4 rings (SSSR count). The number of aliphatic carboxylic acids is 1. The maximum atomic E-state index is 10.8. The van der Waals surface area contributed by atoms with Gasteiger partial charge >= 0.3 is 5.97 Å². The normalized spacial score (nSPS) is 15.9. The van der Waals surface area contributed by atoms with E-state index in [1.54, 1.807) is 6.08 Å². The number of carbonyl (C=O) groups is 1. The largest absolute Gasteiger partial charge is 0.478 e. The van der Waals surface area contributed by atoms with Gasteiger partial charge in [0.15, 0.2) is 0 Å². The van der Waals surface area contributed by atoms with Gasteiger partial charge in [-0.25, -0.2) is 9.78 Å². The Morgan fingerprint density at radius 1 is 1.33 bits per heavy atom. The van der Waals surface area contributed by atoms with Crippen LogP contribution in [0.15, 0.2) is 30.5 Å². The highest BCUT2D eigenvalue weighted by atomic mass is 16.5. The van der Waals surface area contributed by atoms with Crippen LogP contribution in [0.3, 0.4) is 0 Å². The van der Waals surface area contributed by atoms with Crippen LogP contribution in [0, 0.1) is 5.92 Å². The number of aromatic nitrogens is 3. The summed E-state index contributed by atoms with van der Waals surface area (Å²) in [7, 11) is 0. The first-order valence-electron chi connectivity index (χ1n) is 9.42. The molecule has 0 radical (unpaired) electrons. The van der Waals surface area contributed by atoms with Crippen molar-refractivity contribution >= 4 is 34.0 Å². The first kappa shape index (κ1) is 17.7. The van der Waals surface area contributed by atoms with Crippen molar-refractivity contribution < 1.29 is 14.6 Å².